The molecule has 0 aliphatic rings. The maximum absolute atomic E-state index is 13.3. The summed E-state index contributed by atoms with van der Waals surface area (Å²) in [5.74, 6) is -1.04. The number of rotatable bonds is 3. The lowest BCUT2D eigenvalue weighted by atomic mass is 9.86. The number of alkyl halides is 3. The van der Waals surface area contributed by atoms with Gasteiger partial charge in [0, 0.05) is 12.3 Å². The zero-order valence-corrected chi connectivity index (χ0v) is 16.2. The van der Waals surface area contributed by atoms with Gasteiger partial charge in [0.2, 0.25) is 0 Å². The second-order valence-electron chi connectivity index (χ2n) is 6.81. The number of benzene rings is 1. The molecule has 0 spiro atoms. The van der Waals surface area contributed by atoms with Crippen LogP contribution in [-0.4, -0.2) is 24.1 Å². The molecule has 0 unspecified atom stereocenters. The van der Waals surface area contributed by atoms with Gasteiger partial charge in [0.25, 0.3) is 0 Å². The van der Waals surface area contributed by atoms with Gasteiger partial charge in [0.1, 0.15) is 0 Å². The fourth-order valence-corrected chi connectivity index (χ4v) is 2.91. The monoisotopic (exact) mass is 401 g/mol. The summed E-state index contributed by atoms with van der Waals surface area (Å²) >= 11 is 1.32. The predicted molar refractivity (Wildman–Crippen MR) is 97.3 cm³/mol. The molecule has 0 radical (unpaired) electrons. The number of hydrogen-bond acceptors (Lipinski definition) is 6. The minimum atomic E-state index is -5.01. The number of thioether (sulfide) groups is 1. The van der Waals surface area contributed by atoms with Crippen LogP contribution in [-0.2, 0) is 15.0 Å². The van der Waals surface area contributed by atoms with Gasteiger partial charge in [0.05, 0.1) is 10.5 Å². The molecule has 1 heterocycles. The molecule has 0 atom stereocenters. The van der Waals surface area contributed by atoms with E-state index in [0.29, 0.717) is 10.3 Å². The van der Waals surface area contributed by atoms with Crippen molar-refractivity contribution < 1.29 is 27.2 Å². The summed E-state index contributed by atoms with van der Waals surface area (Å²) in [6.45, 7) is 6.78. The topological polar surface area (TPSA) is 68.9 Å². The van der Waals surface area contributed by atoms with Crippen LogP contribution in [0.3, 0.4) is 0 Å². The van der Waals surface area contributed by atoms with Crippen LogP contribution in [0.2, 0.25) is 0 Å². The molecule has 0 amide bonds. The number of carbonyl (C=O) groups is 1. The van der Waals surface area contributed by atoms with Crippen molar-refractivity contribution in [1.82, 2.24) is 0 Å². The third-order valence-electron chi connectivity index (χ3n) is 3.67. The number of halogens is 3. The largest absolute Gasteiger partial charge is 0.437 e. The summed E-state index contributed by atoms with van der Waals surface area (Å²) in [5, 5.41) is 3.14. The van der Waals surface area contributed by atoms with E-state index in [1.54, 1.807) is 12.3 Å². The molecule has 2 aromatic rings. The van der Waals surface area contributed by atoms with E-state index in [0.717, 1.165) is 18.6 Å². The molecule has 9 heteroatoms. The van der Waals surface area contributed by atoms with Crippen molar-refractivity contribution in [3.8, 4) is 0 Å². The van der Waals surface area contributed by atoms with Gasteiger partial charge in [-0.25, -0.2) is 9.59 Å². The Balaban J connectivity index is 2.81. The van der Waals surface area contributed by atoms with E-state index in [1.807, 2.05) is 26.8 Å². The standard InChI is InChI=1S/C18H18F3NO4S/c1-9(23)26-22-15(18(19,20)21)12-7-10-6-11(17(2,3)4)8-13(27-5)14(10)25-16(12)24/h6-8H,1-5H3/b22-15-. The van der Waals surface area contributed by atoms with Crippen molar-refractivity contribution in [2.75, 3.05) is 6.26 Å². The molecule has 0 saturated carbocycles. The molecule has 1 aromatic heterocycles. The first-order chi connectivity index (χ1) is 12.3. The van der Waals surface area contributed by atoms with Crippen molar-refractivity contribution in [2.24, 2.45) is 5.16 Å². The van der Waals surface area contributed by atoms with Gasteiger partial charge in [-0.2, -0.15) is 13.2 Å². The molecule has 0 aliphatic heterocycles. The van der Waals surface area contributed by atoms with Gasteiger partial charge in [0.15, 0.2) is 11.3 Å². The summed E-state index contributed by atoms with van der Waals surface area (Å²) in [5.41, 5.74) is -2.88. The number of nitrogens with zero attached hydrogens (tertiary/aromatic N) is 1. The van der Waals surface area contributed by atoms with Crippen LogP contribution in [0.5, 0.6) is 0 Å². The van der Waals surface area contributed by atoms with Crippen molar-refractivity contribution in [2.45, 2.75) is 44.2 Å². The Bertz CT molecular complexity index is 971. The minimum absolute atomic E-state index is 0.193. The molecule has 146 valence electrons. The first-order valence-electron chi connectivity index (χ1n) is 7.84. The van der Waals surface area contributed by atoms with Crippen molar-refractivity contribution in [3.63, 3.8) is 0 Å². The van der Waals surface area contributed by atoms with Crippen LogP contribution >= 0.6 is 11.8 Å². The molecule has 0 N–H and O–H groups in total. The van der Waals surface area contributed by atoms with E-state index >= 15 is 0 Å². The summed E-state index contributed by atoms with van der Waals surface area (Å²) in [4.78, 5) is 27.8. The number of fused-ring (bicyclic) bond motifs is 1. The zero-order valence-electron chi connectivity index (χ0n) is 15.4. The van der Waals surface area contributed by atoms with E-state index in [1.165, 1.54) is 11.8 Å². The molecular weight excluding hydrogens is 383 g/mol. The van der Waals surface area contributed by atoms with Crippen molar-refractivity contribution in [1.29, 1.82) is 0 Å². The summed E-state index contributed by atoms with van der Waals surface area (Å²) in [6.07, 6.45) is -3.24. The van der Waals surface area contributed by atoms with E-state index in [9.17, 15) is 22.8 Å². The Morgan fingerprint density at radius 2 is 1.81 bits per heavy atom. The lowest BCUT2D eigenvalue weighted by molar-refractivity contribution is -0.141. The minimum Gasteiger partial charge on any atom is -0.421 e. The van der Waals surface area contributed by atoms with Crippen LogP contribution in [0.1, 0.15) is 38.8 Å². The second kappa shape index (κ2) is 7.38. The van der Waals surface area contributed by atoms with Gasteiger partial charge in [-0.05, 0) is 35.4 Å². The first-order valence-corrected chi connectivity index (χ1v) is 9.06. The maximum atomic E-state index is 13.3. The molecule has 27 heavy (non-hydrogen) atoms. The number of hydrogen-bond donors (Lipinski definition) is 0. The van der Waals surface area contributed by atoms with Crippen LogP contribution in [0.4, 0.5) is 13.2 Å². The lowest BCUT2D eigenvalue weighted by Gasteiger charge is -2.20. The highest BCUT2D eigenvalue weighted by Crippen LogP contribution is 2.33. The number of oxime groups is 1. The summed E-state index contributed by atoms with van der Waals surface area (Å²) < 4.78 is 45.2. The van der Waals surface area contributed by atoms with Crippen LogP contribution < -0.4 is 5.63 Å². The number of carbonyl (C=O) groups excluding carboxylic acids is 1. The SMILES string of the molecule is CSc1cc(C(C)(C)C)cc2cc(/C(=N/OC(C)=O)C(F)(F)F)c(=O)oc12. The highest BCUT2D eigenvalue weighted by atomic mass is 32.2. The second-order valence-corrected chi connectivity index (χ2v) is 7.66. The zero-order chi connectivity index (χ0) is 20.6. The third kappa shape index (κ3) is 4.71. The van der Waals surface area contributed by atoms with Crippen molar-refractivity contribution in [3.05, 3.63) is 39.7 Å². The summed E-state index contributed by atoms with van der Waals surface area (Å²) in [7, 11) is 0. The quantitative estimate of drug-likeness (QED) is 0.246. The van der Waals surface area contributed by atoms with Crippen LogP contribution in [0, 0.1) is 0 Å². The van der Waals surface area contributed by atoms with E-state index < -0.39 is 29.0 Å². The highest BCUT2D eigenvalue weighted by molar-refractivity contribution is 7.98. The van der Waals surface area contributed by atoms with Gasteiger partial charge >= 0.3 is 17.8 Å². The summed E-state index contributed by atoms with van der Waals surface area (Å²) in [6, 6.07) is 4.57. The molecule has 2 rings (SSSR count). The van der Waals surface area contributed by atoms with Gasteiger partial charge in [-0.1, -0.05) is 25.9 Å². The van der Waals surface area contributed by atoms with Gasteiger partial charge in [-0.3, -0.25) is 0 Å². The van der Waals surface area contributed by atoms with Gasteiger partial charge < -0.3 is 9.25 Å². The predicted octanol–water partition coefficient (Wildman–Crippen LogP) is 4.64. The Morgan fingerprint density at radius 3 is 2.30 bits per heavy atom. The smallest absolute Gasteiger partial charge is 0.421 e. The van der Waals surface area contributed by atoms with Crippen molar-refractivity contribution >= 4 is 34.4 Å². The highest BCUT2D eigenvalue weighted by Gasteiger charge is 2.40. The average Bonchev–Trinajstić information content (AvgIpc) is 2.52. The van der Waals surface area contributed by atoms with E-state index in [-0.39, 0.29) is 11.0 Å². The molecular formula is C18H18F3NO4S. The van der Waals surface area contributed by atoms with E-state index in [2.05, 4.69) is 9.99 Å². The third-order valence-corrected chi connectivity index (χ3v) is 4.42. The van der Waals surface area contributed by atoms with Crippen LogP contribution in [0.15, 0.2) is 37.5 Å². The van der Waals surface area contributed by atoms with Crippen LogP contribution in [0.25, 0.3) is 11.0 Å². The molecule has 0 saturated heterocycles. The maximum Gasteiger partial charge on any atom is 0.437 e. The molecule has 5 nitrogen and oxygen atoms in total. The van der Waals surface area contributed by atoms with Gasteiger partial charge in [-0.15, -0.1) is 11.8 Å². The molecule has 0 bridgehead atoms. The first kappa shape index (κ1) is 21.0. The fourth-order valence-electron chi connectivity index (χ4n) is 2.32. The lowest BCUT2D eigenvalue weighted by Crippen LogP contribution is -2.29. The molecule has 0 fully saturated rings. The molecule has 1 aromatic carbocycles. The Morgan fingerprint density at radius 1 is 1.19 bits per heavy atom. The Labute approximate surface area is 157 Å². The molecule has 0 aliphatic carbocycles. The average molecular weight is 401 g/mol. The normalized spacial score (nSPS) is 13.1. The van der Waals surface area contributed by atoms with E-state index in [4.69, 9.17) is 4.42 Å². The Hall–Kier alpha value is -2.29. The Kier molecular flexibility index (Phi) is 5.74. The fraction of sp³-hybridized carbons (Fsp3) is 0.389.